The van der Waals surface area contributed by atoms with Crippen LogP contribution in [0.2, 0.25) is 5.02 Å². The minimum absolute atomic E-state index is 0.0254. The molecule has 0 aliphatic heterocycles. The lowest BCUT2D eigenvalue weighted by atomic mass is 10.1. The summed E-state index contributed by atoms with van der Waals surface area (Å²) >= 11 is 5.76. The van der Waals surface area contributed by atoms with Crippen molar-refractivity contribution in [2.24, 2.45) is 11.7 Å². The van der Waals surface area contributed by atoms with E-state index >= 15 is 0 Å². The molecule has 1 fully saturated rings. The highest BCUT2D eigenvalue weighted by Crippen LogP contribution is 2.26. The Bertz CT molecular complexity index is 519. The van der Waals surface area contributed by atoms with Gasteiger partial charge in [0.2, 0.25) is 5.91 Å². The largest absolute Gasteiger partial charge is 0.478 e. The Balaban J connectivity index is 2.09. The summed E-state index contributed by atoms with van der Waals surface area (Å²) in [4.78, 5) is 22.9. The Morgan fingerprint density at radius 1 is 1.37 bits per heavy atom. The topological polar surface area (TPSA) is 92.4 Å². The zero-order valence-corrected chi connectivity index (χ0v) is 11.0. The quantitative estimate of drug-likeness (QED) is 0.791. The van der Waals surface area contributed by atoms with Gasteiger partial charge in [0.1, 0.15) is 0 Å². The van der Waals surface area contributed by atoms with Crippen molar-refractivity contribution < 1.29 is 14.7 Å². The fourth-order valence-corrected chi connectivity index (χ4v) is 2.46. The van der Waals surface area contributed by atoms with Gasteiger partial charge in [-0.15, -0.1) is 0 Å². The number of aromatic carboxylic acids is 1. The van der Waals surface area contributed by atoms with Gasteiger partial charge in [-0.1, -0.05) is 11.6 Å². The third kappa shape index (κ3) is 3.24. The number of hydrogen-bond acceptors (Lipinski definition) is 3. The molecule has 2 rings (SSSR count). The summed E-state index contributed by atoms with van der Waals surface area (Å²) in [5.74, 6) is -1.34. The zero-order valence-electron chi connectivity index (χ0n) is 10.2. The maximum absolute atomic E-state index is 12.0. The van der Waals surface area contributed by atoms with Gasteiger partial charge in [0.15, 0.2) is 0 Å². The lowest BCUT2D eigenvalue weighted by molar-refractivity contribution is -0.119. The molecule has 0 saturated heterocycles. The Labute approximate surface area is 115 Å². The molecule has 2 unspecified atom stereocenters. The molecule has 6 heteroatoms. The second kappa shape index (κ2) is 5.59. The number of carboxylic acid groups (broad SMARTS) is 1. The number of rotatable bonds is 3. The standard InChI is InChI=1S/C13H15ClN2O3/c14-11-4-3-9(6-10(11)13(18)19)16-12(17)7-1-2-8(15)5-7/h3-4,6-8H,1-2,5,15H2,(H,16,17)(H,18,19). The fraction of sp³-hybridized carbons (Fsp3) is 0.385. The van der Waals surface area contributed by atoms with E-state index in [0.29, 0.717) is 12.1 Å². The van der Waals surface area contributed by atoms with Gasteiger partial charge < -0.3 is 16.2 Å². The third-order valence-corrected chi connectivity index (χ3v) is 3.64. The van der Waals surface area contributed by atoms with Crippen LogP contribution < -0.4 is 11.1 Å². The maximum atomic E-state index is 12.0. The maximum Gasteiger partial charge on any atom is 0.337 e. The van der Waals surface area contributed by atoms with Crippen molar-refractivity contribution in [2.45, 2.75) is 25.3 Å². The molecule has 1 aliphatic rings. The van der Waals surface area contributed by atoms with E-state index in [1.807, 2.05) is 0 Å². The Morgan fingerprint density at radius 2 is 2.11 bits per heavy atom. The number of halogens is 1. The number of carboxylic acids is 1. The SMILES string of the molecule is NC1CCC(C(=O)Nc2ccc(Cl)c(C(=O)O)c2)C1. The van der Waals surface area contributed by atoms with Crippen LogP contribution in [0, 0.1) is 5.92 Å². The summed E-state index contributed by atoms with van der Waals surface area (Å²) < 4.78 is 0. The lowest BCUT2D eigenvalue weighted by Gasteiger charge is -2.11. The number of carbonyl (C=O) groups is 2. The minimum Gasteiger partial charge on any atom is -0.478 e. The summed E-state index contributed by atoms with van der Waals surface area (Å²) in [7, 11) is 0. The van der Waals surface area contributed by atoms with E-state index in [-0.39, 0.29) is 28.5 Å². The molecule has 4 N–H and O–H groups in total. The molecule has 0 bridgehead atoms. The summed E-state index contributed by atoms with van der Waals surface area (Å²) in [5.41, 5.74) is 6.18. The molecule has 1 aromatic rings. The molecule has 1 saturated carbocycles. The van der Waals surface area contributed by atoms with E-state index in [9.17, 15) is 9.59 Å². The van der Waals surface area contributed by atoms with Gasteiger partial charge in [-0.25, -0.2) is 4.79 Å². The second-order valence-electron chi connectivity index (χ2n) is 4.76. The molecule has 0 radical (unpaired) electrons. The highest BCUT2D eigenvalue weighted by molar-refractivity contribution is 6.33. The van der Waals surface area contributed by atoms with Crippen LogP contribution in [0.4, 0.5) is 5.69 Å². The molecule has 5 nitrogen and oxygen atoms in total. The number of nitrogens with two attached hydrogens (primary N) is 1. The van der Waals surface area contributed by atoms with Crippen LogP contribution in [0.25, 0.3) is 0 Å². The van der Waals surface area contributed by atoms with Crippen molar-refractivity contribution in [1.29, 1.82) is 0 Å². The first-order chi connectivity index (χ1) is 8.97. The Morgan fingerprint density at radius 3 is 2.68 bits per heavy atom. The van der Waals surface area contributed by atoms with Crippen LogP contribution >= 0.6 is 11.6 Å². The van der Waals surface area contributed by atoms with E-state index in [2.05, 4.69) is 5.32 Å². The molecule has 0 heterocycles. The fourth-order valence-electron chi connectivity index (χ4n) is 2.27. The molecule has 1 aliphatic carbocycles. The van der Waals surface area contributed by atoms with Crippen LogP contribution in [-0.2, 0) is 4.79 Å². The monoisotopic (exact) mass is 282 g/mol. The van der Waals surface area contributed by atoms with Gasteiger partial charge in [-0.2, -0.15) is 0 Å². The van der Waals surface area contributed by atoms with Gasteiger partial charge in [0.05, 0.1) is 10.6 Å². The van der Waals surface area contributed by atoms with Crippen LogP contribution in [0.1, 0.15) is 29.6 Å². The van der Waals surface area contributed by atoms with Crippen molar-refractivity contribution in [3.05, 3.63) is 28.8 Å². The van der Waals surface area contributed by atoms with E-state index in [1.54, 1.807) is 6.07 Å². The number of benzene rings is 1. The van der Waals surface area contributed by atoms with Crippen molar-refractivity contribution in [1.82, 2.24) is 0 Å². The zero-order chi connectivity index (χ0) is 14.0. The summed E-state index contributed by atoms with van der Waals surface area (Å²) in [5, 5.41) is 11.8. The van der Waals surface area contributed by atoms with Gasteiger partial charge in [-0.3, -0.25) is 4.79 Å². The van der Waals surface area contributed by atoms with Gasteiger partial charge in [0.25, 0.3) is 0 Å². The lowest BCUT2D eigenvalue weighted by Crippen LogP contribution is -2.23. The van der Waals surface area contributed by atoms with Crippen molar-refractivity contribution in [3.8, 4) is 0 Å². The molecule has 2 atom stereocenters. The van der Waals surface area contributed by atoms with E-state index in [4.69, 9.17) is 22.4 Å². The summed E-state index contributed by atoms with van der Waals surface area (Å²) in [6.45, 7) is 0. The highest BCUT2D eigenvalue weighted by atomic mass is 35.5. The first-order valence-electron chi connectivity index (χ1n) is 6.06. The summed E-state index contributed by atoms with van der Waals surface area (Å²) in [6, 6.07) is 4.48. The Hall–Kier alpha value is -1.59. The molecule has 19 heavy (non-hydrogen) atoms. The first kappa shape index (κ1) is 13.8. The van der Waals surface area contributed by atoms with Crippen LogP contribution in [0.5, 0.6) is 0 Å². The number of anilines is 1. The normalized spacial score (nSPS) is 22.2. The van der Waals surface area contributed by atoms with Gasteiger partial charge in [-0.05, 0) is 37.5 Å². The Kier molecular flexibility index (Phi) is 4.07. The van der Waals surface area contributed by atoms with E-state index in [1.165, 1.54) is 12.1 Å². The third-order valence-electron chi connectivity index (χ3n) is 3.31. The van der Waals surface area contributed by atoms with Crippen molar-refractivity contribution in [2.75, 3.05) is 5.32 Å². The first-order valence-corrected chi connectivity index (χ1v) is 6.44. The van der Waals surface area contributed by atoms with E-state index < -0.39 is 5.97 Å². The number of hydrogen-bond donors (Lipinski definition) is 3. The predicted molar refractivity (Wildman–Crippen MR) is 72.4 cm³/mol. The van der Waals surface area contributed by atoms with Crippen molar-refractivity contribution in [3.63, 3.8) is 0 Å². The molecule has 1 aromatic carbocycles. The molecule has 0 spiro atoms. The summed E-state index contributed by atoms with van der Waals surface area (Å²) in [6.07, 6.45) is 2.29. The molecule has 102 valence electrons. The minimum atomic E-state index is -1.12. The molecular formula is C13H15ClN2O3. The van der Waals surface area contributed by atoms with Crippen molar-refractivity contribution >= 4 is 29.2 Å². The average Bonchev–Trinajstić information content (AvgIpc) is 2.78. The smallest absolute Gasteiger partial charge is 0.337 e. The molecule has 0 aromatic heterocycles. The second-order valence-corrected chi connectivity index (χ2v) is 5.17. The highest BCUT2D eigenvalue weighted by Gasteiger charge is 2.27. The van der Waals surface area contributed by atoms with Crippen LogP contribution in [0.15, 0.2) is 18.2 Å². The molecular weight excluding hydrogens is 268 g/mol. The van der Waals surface area contributed by atoms with E-state index in [0.717, 1.165) is 12.8 Å². The van der Waals surface area contributed by atoms with Gasteiger partial charge in [0, 0.05) is 17.6 Å². The number of amides is 1. The predicted octanol–water partition coefficient (Wildman–Crippen LogP) is 2.10. The molecule has 1 amide bonds. The number of carbonyl (C=O) groups excluding carboxylic acids is 1. The van der Waals surface area contributed by atoms with Crippen LogP contribution in [-0.4, -0.2) is 23.0 Å². The van der Waals surface area contributed by atoms with Crippen LogP contribution in [0.3, 0.4) is 0 Å². The van der Waals surface area contributed by atoms with Gasteiger partial charge >= 0.3 is 5.97 Å². The average molecular weight is 283 g/mol. The number of nitrogens with one attached hydrogen (secondary N) is 1.